The normalized spacial score (nSPS) is 11.2. The third-order valence-electron chi connectivity index (χ3n) is 3.31. The van der Waals surface area contributed by atoms with Crippen molar-refractivity contribution in [3.63, 3.8) is 0 Å². The minimum atomic E-state index is 0. The topological polar surface area (TPSA) is 77.0 Å². The Bertz CT molecular complexity index is 498. The largest absolute Gasteiger partial charge is 0.475 e. The summed E-state index contributed by atoms with van der Waals surface area (Å²) in [5.41, 5.74) is 1.03. The molecule has 0 unspecified atom stereocenters. The van der Waals surface area contributed by atoms with E-state index in [2.05, 4.69) is 41.4 Å². The molecule has 0 saturated carbocycles. The minimum Gasteiger partial charge on any atom is -0.475 e. The Kier molecular flexibility index (Phi) is 16.3. The zero-order chi connectivity index (χ0) is 19.0. The Morgan fingerprint density at radius 3 is 2.63 bits per heavy atom. The number of nitrogens with zero attached hydrogens (tertiary/aromatic N) is 2. The first-order valence-corrected chi connectivity index (χ1v) is 9.32. The third kappa shape index (κ3) is 13.7. The molecule has 2 N–H and O–H groups in total. The van der Waals surface area contributed by atoms with Crippen molar-refractivity contribution < 1.29 is 14.2 Å². The third-order valence-corrected chi connectivity index (χ3v) is 3.31. The minimum absolute atomic E-state index is 0. The van der Waals surface area contributed by atoms with Gasteiger partial charge in [0.15, 0.2) is 5.96 Å². The lowest BCUT2D eigenvalue weighted by Gasteiger charge is -2.12. The monoisotopic (exact) mass is 494 g/mol. The molecule has 0 spiro atoms. The van der Waals surface area contributed by atoms with Crippen LogP contribution in [0.15, 0.2) is 23.3 Å². The highest BCUT2D eigenvalue weighted by Crippen LogP contribution is 2.08. The van der Waals surface area contributed by atoms with Gasteiger partial charge in [-0.15, -0.1) is 24.0 Å². The van der Waals surface area contributed by atoms with Crippen LogP contribution in [-0.4, -0.2) is 57.6 Å². The van der Waals surface area contributed by atoms with Gasteiger partial charge in [0, 0.05) is 45.7 Å². The molecular formula is C19H35IN4O3. The van der Waals surface area contributed by atoms with Crippen molar-refractivity contribution in [2.24, 2.45) is 10.9 Å². The highest BCUT2D eigenvalue weighted by molar-refractivity contribution is 14.0. The fourth-order valence-electron chi connectivity index (χ4n) is 2.03. The Balaban J connectivity index is 0.00000676. The number of aliphatic imine (C=N–C) groups is 1. The molecule has 1 rings (SSSR count). The van der Waals surface area contributed by atoms with Crippen LogP contribution in [-0.2, 0) is 16.0 Å². The molecule has 0 radical (unpaired) electrons. The first kappa shape index (κ1) is 25.9. The average Bonchev–Trinajstić information content (AvgIpc) is 2.63. The van der Waals surface area contributed by atoms with Gasteiger partial charge in [0.1, 0.15) is 6.61 Å². The molecule has 0 fully saturated rings. The fraction of sp³-hybridized carbons (Fsp3) is 0.684. The molecule has 1 aromatic heterocycles. The second-order valence-electron chi connectivity index (χ2n) is 6.29. The van der Waals surface area contributed by atoms with Gasteiger partial charge in [0.2, 0.25) is 5.88 Å². The van der Waals surface area contributed by atoms with E-state index < -0.39 is 0 Å². The Morgan fingerprint density at radius 1 is 1.19 bits per heavy atom. The van der Waals surface area contributed by atoms with Crippen molar-refractivity contribution in [2.45, 2.75) is 33.7 Å². The number of hydrogen-bond acceptors (Lipinski definition) is 5. The number of halogens is 1. The van der Waals surface area contributed by atoms with Crippen LogP contribution in [0, 0.1) is 5.92 Å². The van der Waals surface area contributed by atoms with Crippen LogP contribution < -0.4 is 15.4 Å². The molecule has 0 amide bonds. The van der Waals surface area contributed by atoms with Crippen molar-refractivity contribution in [2.75, 3.05) is 46.6 Å². The number of guanidine groups is 1. The van der Waals surface area contributed by atoms with Crippen molar-refractivity contribution in [3.8, 4) is 5.88 Å². The van der Waals surface area contributed by atoms with Crippen LogP contribution in [0.5, 0.6) is 5.88 Å². The quantitative estimate of drug-likeness (QED) is 0.190. The summed E-state index contributed by atoms with van der Waals surface area (Å²) in [6.07, 6.45) is 2.74. The summed E-state index contributed by atoms with van der Waals surface area (Å²) in [5.74, 6) is 1.98. The first-order chi connectivity index (χ1) is 12.7. The van der Waals surface area contributed by atoms with Gasteiger partial charge in [0.05, 0.1) is 13.2 Å². The molecule has 0 saturated heterocycles. The smallest absolute Gasteiger partial charge is 0.213 e. The predicted octanol–water partition coefficient (Wildman–Crippen LogP) is 2.84. The lowest BCUT2D eigenvalue weighted by atomic mass is 10.2. The van der Waals surface area contributed by atoms with Crippen molar-refractivity contribution in [1.29, 1.82) is 0 Å². The Hall–Kier alpha value is -1.13. The van der Waals surface area contributed by atoms with Gasteiger partial charge >= 0.3 is 0 Å². The van der Waals surface area contributed by atoms with E-state index in [4.69, 9.17) is 14.2 Å². The standard InChI is InChI=1S/C19H34N4O3.HI/c1-5-20-19(21-9-6-10-25-15-16(2)3)23-14-17-7-8-18(22-13-17)26-12-11-24-4;/h7-8,13,16H,5-6,9-12,14-15H2,1-4H3,(H2,20,21,23);1H. The van der Waals surface area contributed by atoms with Crippen LogP contribution in [0.1, 0.15) is 32.8 Å². The van der Waals surface area contributed by atoms with E-state index in [-0.39, 0.29) is 24.0 Å². The summed E-state index contributed by atoms with van der Waals surface area (Å²) < 4.78 is 16.0. The molecule has 156 valence electrons. The lowest BCUT2D eigenvalue weighted by molar-refractivity contribution is 0.108. The summed E-state index contributed by atoms with van der Waals surface area (Å²) in [6.45, 7) is 11.2. The van der Waals surface area contributed by atoms with Gasteiger partial charge in [-0.3, -0.25) is 0 Å². The number of pyridine rings is 1. The van der Waals surface area contributed by atoms with Gasteiger partial charge in [0.25, 0.3) is 0 Å². The number of hydrogen-bond donors (Lipinski definition) is 2. The Morgan fingerprint density at radius 2 is 2.00 bits per heavy atom. The summed E-state index contributed by atoms with van der Waals surface area (Å²) in [5, 5.41) is 6.57. The molecule has 0 aliphatic heterocycles. The highest BCUT2D eigenvalue weighted by atomic mass is 127. The predicted molar refractivity (Wildman–Crippen MR) is 120 cm³/mol. The fourth-order valence-corrected chi connectivity index (χ4v) is 2.03. The van der Waals surface area contributed by atoms with Gasteiger partial charge in [-0.05, 0) is 24.8 Å². The average molecular weight is 494 g/mol. The zero-order valence-corrected chi connectivity index (χ0v) is 19.3. The molecule has 0 aliphatic carbocycles. The molecule has 1 heterocycles. The summed E-state index contributed by atoms with van der Waals surface area (Å²) >= 11 is 0. The highest BCUT2D eigenvalue weighted by Gasteiger charge is 2.00. The van der Waals surface area contributed by atoms with E-state index in [0.717, 1.165) is 44.2 Å². The molecule has 0 aliphatic rings. The van der Waals surface area contributed by atoms with Crippen LogP contribution in [0.25, 0.3) is 0 Å². The second kappa shape index (κ2) is 17.0. The molecule has 27 heavy (non-hydrogen) atoms. The molecule has 0 atom stereocenters. The van der Waals surface area contributed by atoms with Crippen LogP contribution in [0.2, 0.25) is 0 Å². The molecular weight excluding hydrogens is 459 g/mol. The molecule has 7 nitrogen and oxygen atoms in total. The van der Waals surface area contributed by atoms with E-state index >= 15 is 0 Å². The van der Waals surface area contributed by atoms with Crippen molar-refractivity contribution in [3.05, 3.63) is 23.9 Å². The number of nitrogens with one attached hydrogen (secondary N) is 2. The molecule has 0 bridgehead atoms. The maximum Gasteiger partial charge on any atom is 0.213 e. The van der Waals surface area contributed by atoms with Gasteiger partial charge in [-0.2, -0.15) is 0 Å². The van der Waals surface area contributed by atoms with Crippen LogP contribution in [0.4, 0.5) is 0 Å². The van der Waals surface area contributed by atoms with E-state index in [9.17, 15) is 0 Å². The van der Waals surface area contributed by atoms with Crippen LogP contribution in [0.3, 0.4) is 0 Å². The SMILES string of the molecule is CCNC(=NCc1ccc(OCCOC)nc1)NCCCOCC(C)C.I. The molecule has 1 aromatic rings. The van der Waals surface area contributed by atoms with Gasteiger partial charge in [-0.1, -0.05) is 19.9 Å². The van der Waals surface area contributed by atoms with Crippen molar-refractivity contribution >= 4 is 29.9 Å². The maximum atomic E-state index is 5.58. The maximum absolute atomic E-state index is 5.58. The van der Waals surface area contributed by atoms with Gasteiger partial charge in [-0.25, -0.2) is 9.98 Å². The lowest BCUT2D eigenvalue weighted by Crippen LogP contribution is -2.38. The zero-order valence-electron chi connectivity index (χ0n) is 17.0. The number of rotatable bonds is 13. The van der Waals surface area contributed by atoms with E-state index in [1.54, 1.807) is 13.3 Å². The Labute approximate surface area is 180 Å². The van der Waals surface area contributed by atoms with Gasteiger partial charge < -0.3 is 24.8 Å². The summed E-state index contributed by atoms with van der Waals surface area (Å²) in [6, 6.07) is 3.83. The number of aromatic nitrogens is 1. The number of ether oxygens (including phenoxy) is 3. The van der Waals surface area contributed by atoms with E-state index in [1.165, 1.54) is 0 Å². The second-order valence-corrected chi connectivity index (χ2v) is 6.29. The molecule has 8 heteroatoms. The van der Waals surface area contributed by atoms with Crippen LogP contribution >= 0.6 is 24.0 Å². The van der Waals surface area contributed by atoms with E-state index in [0.29, 0.717) is 31.6 Å². The summed E-state index contributed by atoms with van der Waals surface area (Å²) in [7, 11) is 1.65. The van der Waals surface area contributed by atoms with Crippen molar-refractivity contribution in [1.82, 2.24) is 15.6 Å². The first-order valence-electron chi connectivity index (χ1n) is 9.32. The molecule has 0 aromatic carbocycles. The summed E-state index contributed by atoms with van der Waals surface area (Å²) in [4.78, 5) is 8.87. The van der Waals surface area contributed by atoms with E-state index in [1.807, 2.05) is 12.1 Å². The number of methoxy groups -OCH3 is 1.